The highest BCUT2D eigenvalue weighted by Crippen LogP contribution is 2.36. The summed E-state index contributed by atoms with van der Waals surface area (Å²) >= 11 is 0. The molecular weight excluding hydrogens is 314 g/mol. The number of hydrogen-bond acceptors (Lipinski definition) is 4. The van der Waals surface area contributed by atoms with Gasteiger partial charge in [0.15, 0.2) is 5.82 Å². The van der Waals surface area contributed by atoms with E-state index in [-0.39, 0.29) is 11.4 Å². The number of nitrogens with zero attached hydrogens (tertiary/aromatic N) is 4. The van der Waals surface area contributed by atoms with Crippen LogP contribution in [0.5, 0.6) is 0 Å². The second kappa shape index (κ2) is 8.32. The maximum atomic E-state index is 12.3. The summed E-state index contributed by atoms with van der Waals surface area (Å²) in [7, 11) is 3.94. The van der Waals surface area contributed by atoms with Crippen molar-refractivity contribution < 1.29 is 4.79 Å². The molecular formula is C19H33N5O. The largest absolute Gasteiger partial charge is 0.308 e. The van der Waals surface area contributed by atoms with Gasteiger partial charge in [0.1, 0.15) is 0 Å². The van der Waals surface area contributed by atoms with E-state index >= 15 is 0 Å². The molecule has 0 aromatic carbocycles. The zero-order chi connectivity index (χ0) is 17.7. The molecule has 0 unspecified atom stereocenters. The molecule has 0 atom stereocenters. The lowest BCUT2D eigenvalue weighted by Crippen LogP contribution is -2.58. The summed E-state index contributed by atoms with van der Waals surface area (Å²) in [5.74, 6) is 0.648. The van der Waals surface area contributed by atoms with Gasteiger partial charge in [0.2, 0.25) is 5.91 Å². The van der Waals surface area contributed by atoms with E-state index in [1.807, 2.05) is 19.3 Å². The number of anilines is 1. The monoisotopic (exact) mass is 347 g/mol. The van der Waals surface area contributed by atoms with Crippen molar-refractivity contribution in [2.75, 3.05) is 38.5 Å². The standard InChI is InChI=1S/C19H33N5O/c1-22(15-18(25)20-17-9-14-23(2)21-17)16-19(10-5-3-6-11-19)24-12-7-4-8-13-24/h9,14H,3-8,10-13,15-16H2,1-2H3,(H,20,21,25). The molecule has 6 nitrogen and oxygen atoms in total. The quantitative estimate of drug-likeness (QED) is 0.859. The molecule has 1 aliphatic heterocycles. The van der Waals surface area contributed by atoms with Gasteiger partial charge in [-0.05, 0) is 45.8 Å². The number of hydrogen-bond donors (Lipinski definition) is 1. The van der Waals surface area contributed by atoms with Crippen LogP contribution in [0.3, 0.4) is 0 Å². The summed E-state index contributed by atoms with van der Waals surface area (Å²) in [6, 6.07) is 1.83. The average molecular weight is 348 g/mol. The molecule has 6 heteroatoms. The number of rotatable bonds is 6. The van der Waals surface area contributed by atoms with Crippen LogP contribution >= 0.6 is 0 Å². The highest BCUT2D eigenvalue weighted by Gasteiger charge is 2.39. The van der Waals surface area contributed by atoms with Crippen LogP contribution in [0.4, 0.5) is 5.82 Å². The van der Waals surface area contributed by atoms with Gasteiger partial charge < -0.3 is 5.32 Å². The number of carbonyl (C=O) groups is 1. The van der Waals surface area contributed by atoms with Gasteiger partial charge in [0, 0.05) is 31.4 Å². The molecule has 1 N–H and O–H groups in total. The number of aromatic nitrogens is 2. The average Bonchev–Trinajstić information content (AvgIpc) is 3.01. The van der Waals surface area contributed by atoms with Crippen molar-refractivity contribution in [2.24, 2.45) is 7.05 Å². The lowest BCUT2D eigenvalue weighted by atomic mass is 9.79. The van der Waals surface area contributed by atoms with Crippen molar-refractivity contribution in [1.29, 1.82) is 0 Å². The Bertz CT molecular complexity index is 558. The number of piperidine rings is 1. The van der Waals surface area contributed by atoms with Crippen LogP contribution in [0.1, 0.15) is 51.4 Å². The number of aryl methyl sites for hydroxylation is 1. The molecule has 0 spiro atoms. The molecule has 1 aromatic heterocycles. The van der Waals surface area contributed by atoms with Crippen LogP contribution in [0, 0.1) is 0 Å². The minimum atomic E-state index is 0.0193. The summed E-state index contributed by atoms with van der Waals surface area (Å²) in [5, 5.41) is 7.12. The first-order chi connectivity index (χ1) is 12.1. The number of likely N-dealkylation sites (tertiary alicyclic amines) is 1. The second-order valence-corrected chi connectivity index (χ2v) is 7.93. The predicted octanol–water partition coefficient (Wildman–Crippen LogP) is 2.48. The summed E-state index contributed by atoms with van der Waals surface area (Å²) < 4.78 is 1.70. The smallest absolute Gasteiger partial charge is 0.239 e. The number of carbonyl (C=O) groups excluding carboxylic acids is 1. The lowest BCUT2D eigenvalue weighted by molar-refractivity contribution is -0.117. The molecule has 3 rings (SSSR count). The van der Waals surface area contributed by atoms with Crippen molar-refractivity contribution >= 4 is 11.7 Å². The first-order valence-corrected chi connectivity index (χ1v) is 9.81. The van der Waals surface area contributed by atoms with E-state index in [0.29, 0.717) is 12.4 Å². The fourth-order valence-electron chi connectivity index (χ4n) is 4.62. The van der Waals surface area contributed by atoms with Crippen molar-refractivity contribution in [3.63, 3.8) is 0 Å². The van der Waals surface area contributed by atoms with E-state index < -0.39 is 0 Å². The topological polar surface area (TPSA) is 53.4 Å². The van der Waals surface area contributed by atoms with E-state index in [1.54, 1.807) is 4.68 Å². The van der Waals surface area contributed by atoms with Crippen LogP contribution < -0.4 is 5.32 Å². The van der Waals surface area contributed by atoms with Crippen molar-refractivity contribution in [3.05, 3.63) is 12.3 Å². The molecule has 1 aromatic rings. The zero-order valence-corrected chi connectivity index (χ0v) is 15.8. The zero-order valence-electron chi connectivity index (χ0n) is 15.8. The molecule has 2 fully saturated rings. The molecule has 25 heavy (non-hydrogen) atoms. The van der Waals surface area contributed by atoms with Crippen LogP contribution in [-0.4, -0.2) is 64.3 Å². The third kappa shape index (κ3) is 4.82. The molecule has 2 heterocycles. The van der Waals surface area contributed by atoms with Gasteiger partial charge in [-0.2, -0.15) is 5.10 Å². The molecule has 0 radical (unpaired) electrons. The van der Waals surface area contributed by atoms with Gasteiger partial charge in [0.25, 0.3) is 0 Å². The lowest BCUT2D eigenvalue weighted by Gasteiger charge is -2.50. The number of nitrogens with one attached hydrogen (secondary N) is 1. The van der Waals surface area contributed by atoms with Crippen molar-refractivity contribution in [3.8, 4) is 0 Å². The summed E-state index contributed by atoms with van der Waals surface area (Å²) in [5.41, 5.74) is 0.276. The third-order valence-electron chi connectivity index (χ3n) is 5.77. The van der Waals surface area contributed by atoms with Gasteiger partial charge in [-0.15, -0.1) is 0 Å². The maximum Gasteiger partial charge on any atom is 0.239 e. The SMILES string of the molecule is CN(CC(=O)Nc1ccn(C)n1)CC1(N2CCCCC2)CCCCC1. The van der Waals surface area contributed by atoms with Gasteiger partial charge in [0.05, 0.1) is 6.54 Å². The van der Waals surface area contributed by atoms with Gasteiger partial charge in [-0.25, -0.2) is 0 Å². The molecule has 1 saturated heterocycles. The first kappa shape index (κ1) is 18.4. The minimum Gasteiger partial charge on any atom is -0.308 e. The van der Waals surface area contributed by atoms with E-state index in [0.717, 1.165) is 6.54 Å². The Kier molecular flexibility index (Phi) is 6.12. The summed E-state index contributed by atoms with van der Waals surface area (Å²) in [6.45, 7) is 3.87. The Balaban J connectivity index is 1.57. The van der Waals surface area contributed by atoms with Crippen LogP contribution in [0.2, 0.25) is 0 Å². The molecule has 1 amide bonds. The Morgan fingerprint density at radius 3 is 2.52 bits per heavy atom. The summed E-state index contributed by atoms with van der Waals surface area (Å²) in [6.07, 6.45) is 12.4. The minimum absolute atomic E-state index is 0.0193. The van der Waals surface area contributed by atoms with Crippen molar-refractivity contribution in [2.45, 2.75) is 56.9 Å². The highest BCUT2D eigenvalue weighted by molar-refractivity contribution is 5.91. The van der Waals surface area contributed by atoms with E-state index in [1.165, 1.54) is 64.5 Å². The third-order valence-corrected chi connectivity index (χ3v) is 5.77. The Hall–Kier alpha value is -1.40. The first-order valence-electron chi connectivity index (χ1n) is 9.81. The van der Waals surface area contributed by atoms with E-state index in [4.69, 9.17) is 0 Å². The van der Waals surface area contributed by atoms with Crippen LogP contribution in [-0.2, 0) is 11.8 Å². The van der Waals surface area contributed by atoms with Crippen LogP contribution in [0.25, 0.3) is 0 Å². The summed E-state index contributed by atoms with van der Waals surface area (Å²) in [4.78, 5) is 17.3. The fourth-order valence-corrected chi connectivity index (χ4v) is 4.62. The van der Waals surface area contributed by atoms with Gasteiger partial charge >= 0.3 is 0 Å². The predicted molar refractivity (Wildman–Crippen MR) is 101 cm³/mol. The number of likely N-dealkylation sites (N-methyl/N-ethyl adjacent to an activating group) is 1. The molecule has 1 saturated carbocycles. The Morgan fingerprint density at radius 1 is 1.20 bits per heavy atom. The van der Waals surface area contributed by atoms with E-state index in [2.05, 4.69) is 27.3 Å². The number of amides is 1. The molecule has 1 aliphatic carbocycles. The van der Waals surface area contributed by atoms with Crippen LogP contribution in [0.15, 0.2) is 12.3 Å². The highest BCUT2D eigenvalue weighted by atomic mass is 16.2. The molecule has 2 aliphatic rings. The Labute approximate surface area is 151 Å². The van der Waals surface area contributed by atoms with Gasteiger partial charge in [-0.3, -0.25) is 19.3 Å². The van der Waals surface area contributed by atoms with Crippen molar-refractivity contribution in [1.82, 2.24) is 19.6 Å². The molecule has 140 valence electrons. The fraction of sp³-hybridized carbons (Fsp3) is 0.789. The normalized spacial score (nSPS) is 21.4. The van der Waals surface area contributed by atoms with E-state index in [9.17, 15) is 4.79 Å². The molecule has 0 bridgehead atoms. The maximum absolute atomic E-state index is 12.3. The second-order valence-electron chi connectivity index (χ2n) is 7.93. The van der Waals surface area contributed by atoms with Gasteiger partial charge in [-0.1, -0.05) is 25.7 Å². The Morgan fingerprint density at radius 2 is 1.88 bits per heavy atom.